The Hall–Kier alpha value is -1.56. The number of ether oxygens (including phenoxy) is 1. The number of halogens is 1. The molecule has 6 heteroatoms. The molecule has 1 aromatic rings. The summed E-state index contributed by atoms with van der Waals surface area (Å²) in [5.74, 6) is -1.12. The highest BCUT2D eigenvalue weighted by Crippen LogP contribution is 2.23. The van der Waals surface area contributed by atoms with Crippen molar-refractivity contribution < 1.29 is 19.4 Å². The van der Waals surface area contributed by atoms with Crippen LogP contribution in [0.3, 0.4) is 0 Å². The van der Waals surface area contributed by atoms with Crippen LogP contribution in [-0.2, 0) is 16.0 Å². The number of carbonyl (C=O) groups is 2. The molecule has 2 N–H and O–H groups in total. The van der Waals surface area contributed by atoms with Gasteiger partial charge in [-0.15, -0.1) is 0 Å². The van der Waals surface area contributed by atoms with Crippen molar-refractivity contribution in [3.63, 3.8) is 0 Å². The first-order valence-electron chi connectivity index (χ1n) is 6.19. The maximum atomic E-state index is 11.9. The second-order valence-electron chi connectivity index (χ2n) is 4.62. The van der Waals surface area contributed by atoms with Crippen LogP contribution in [0.25, 0.3) is 0 Å². The molecule has 2 unspecified atom stereocenters. The molecular formula is C14H18BrNO4. The highest BCUT2D eigenvalue weighted by Gasteiger charge is 2.21. The van der Waals surface area contributed by atoms with E-state index < -0.39 is 17.9 Å². The summed E-state index contributed by atoms with van der Waals surface area (Å²) in [4.78, 5) is 22.8. The van der Waals surface area contributed by atoms with Crippen molar-refractivity contribution in [3.05, 3.63) is 28.2 Å². The number of carbonyl (C=O) groups excluding carboxylic acids is 1. The first-order valence-corrected chi connectivity index (χ1v) is 6.99. The molecule has 0 aliphatic carbocycles. The number of carboxylic acids is 1. The summed E-state index contributed by atoms with van der Waals surface area (Å²) in [7, 11) is 1.56. The topological polar surface area (TPSA) is 75.6 Å². The number of hydrogen-bond donors (Lipinski definition) is 2. The van der Waals surface area contributed by atoms with Gasteiger partial charge in [0, 0.05) is 10.5 Å². The molecule has 110 valence electrons. The van der Waals surface area contributed by atoms with Gasteiger partial charge in [0.15, 0.2) is 0 Å². The van der Waals surface area contributed by atoms with Gasteiger partial charge in [-0.1, -0.05) is 15.9 Å². The van der Waals surface area contributed by atoms with Crippen molar-refractivity contribution >= 4 is 27.8 Å². The van der Waals surface area contributed by atoms with E-state index in [2.05, 4.69) is 21.2 Å². The van der Waals surface area contributed by atoms with Gasteiger partial charge in [-0.2, -0.15) is 0 Å². The Balaban J connectivity index is 2.69. The van der Waals surface area contributed by atoms with Gasteiger partial charge < -0.3 is 15.2 Å². The van der Waals surface area contributed by atoms with Gasteiger partial charge in [0.2, 0.25) is 5.91 Å². The fourth-order valence-corrected chi connectivity index (χ4v) is 2.02. The molecule has 0 aromatic heterocycles. The van der Waals surface area contributed by atoms with Gasteiger partial charge in [0.1, 0.15) is 5.75 Å². The molecule has 1 rings (SSSR count). The van der Waals surface area contributed by atoms with Crippen LogP contribution in [0, 0.1) is 5.92 Å². The summed E-state index contributed by atoms with van der Waals surface area (Å²) < 4.78 is 5.92. The van der Waals surface area contributed by atoms with Crippen LogP contribution >= 0.6 is 15.9 Å². The van der Waals surface area contributed by atoms with E-state index in [1.165, 1.54) is 0 Å². The van der Waals surface area contributed by atoms with Crippen LogP contribution < -0.4 is 10.1 Å². The largest absolute Gasteiger partial charge is 0.497 e. The molecule has 0 bridgehead atoms. The molecule has 0 saturated heterocycles. The zero-order valence-corrected chi connectivity index (χ0v) is 13.2. The molecule has 1 amide bonds. The minimum atomic E-state index is -0.930. The third kappa shape index (κ3) is 4.52. The molecule has 0 fully saturated rings. The van der Waals surface area contributed by atoms with Gasteiger partial charge in [-0.25, -0.2) is 0 Å². The number of amides is 1. The van der Waals surface area contributed by atoms with Crippen molar-refractivity contribution in [1.29, 1.82) is 0 Å². The summed E-state index contributed by atoms with van der Waals surface area (Å²) in [6, 6.07) is 4.95. The zero-order chi connectivity index (χ0) is 15.3. The minimum Gasteiger partial charge on any atom is -0.497 e. The number of carboxylic acid groups (broad SMARTS) is 1. The Morgan fingerprint density at radius 1 is 1.40 bits per heavy atom. The summed E-state index contributed by atoms with van der Waals surface area (Å²) >= 11 is 3.38. The molecule has 20 heavy (non-hydrogen) atoms. The predicted molar refractivity (Wildman–Crippen MR) is 78.8 cm³/mol. The Kier molecular flexibility index (Phi) is 6.01. The van der Waals surface area contributed by atoms with E-state index in [4.69, 9.17) is 9.84 Å². The molecule has 5 nitrogen and oxygen atoms in total. The first kappa shape index (κ1) is 16.5. The SMILES string of the molecule is COc1ccc(Br)c(CC(=O)NC(C)C(C)C(=O)O)c1. The van der Waals surface area contributed by atoms with Gasteiger partial charge in [0.05, 0.1) is 19.4 Å². The van der Waals surface area contributed by atoms with Gasteiger partial charge in [-0.3, -0.25) is 9.59 Å². The molecule has 2 atom stereocenters. The van der Waals surface area contributed by atoms with E-state index in [9.17, 15) is 9.59 Å². The first-order chi connectivity index (χ1) is 9.35. The standard InChI is InChI=1S/C14H18BrNO4/c1-8(14(18)19)9(2)16-13(17)7-10-6-11(20-3)4-5-12(10)15/h4-6,8-9H,7H2,1-3H3,(H,16,17)(H,18,19). The van der Waals surface area contributed by atoms with E-state index >= 15 is 0 Å². The molecule has 0 saturated carbocycles. The lowest BCUT2D eigenvalue weighted by atomic mass is 10.0. The van der Waals surface area contributed by atoms with Crippen LogP contribution in [0.5, 0.6) is 5.75 Å². The number of nitrogens with one attached hydrogen (secondary N) is 1. The number of rotatable bonds is 6. The molecule has 0 aliphatic heterocycles. The van der Waals surface area contributed by atoms with Gasteiger partial charge >= 0.3 is 5.97 Å². The number of aliphatic carboxylic acids is 1. The van der Waals surface area contributed by atoms with Crippen molar-refractivity contribution in [2.75, 3.05) is 7.11 Å². The summed E-state index contributed by atoms with van der Waals surface area (Å²) in [6.45, 7) is 3.24. The summed E-state index contributed by atoms with van der Waals surface area (Å²) in [6.07, 6.45) is 0.161. The third-order valence-electron chi connectivity index (χ3n) is 3.13. The van der Waals surface area contributed by atoms with E-state index in [1.54, 1.807) is 33.1 Å². The molecule has 1 aromatic carbocycles. The zero-order valence-electron chi connectivity index (χ0n) is 11.6. The third-order valence-corrected chi connectivity index (χ3v) is 3.91. The lowest BCUT2D eigenvalue weighted by molar-refractivity contribution is -0.142. The highest BCUT2D eigenvalue weighted by atomic mass is 79.9. The van der Waals surface area contributed by atoms with Crippen molar-refractivity contribution in [1.82, 2.24) is 5.32 Å². The van der Waals surface area contributed by atoms with Crippen LogP contribution in [-0.4, -0.2) is 30.1 Å². The van der Waals surface area contributed by atoms with Gasteiger partial charge in [-0.05, 0) is 37.6 Å². The van der Waals surface area contributed by atoms with Crippen molar-refractivity contribution in [2.45, 2.75) is 26.3 Å². The molecule has 0 radical (unpaired) electrons. The Labute approximate surface area is 126 Å². The Bertz CT molecular complexity index is 504. The van der Waals surface area contributed by atoms with Crippen LogP contribution in [0.4, 0.5) is 0 Å². The fourth-order valence-electron chi connectivity index (χ4n) is 1.63. The second-order valence-corrected chi connectivity index (χ2v) is 5.47. The van der Waals surface area contributed by atoms with Crippen molar-refractivity contribution in [2.24, 2.45) is 5.92 Å². The number of benzene rings is 1. The Morgan fingerprint density at radius 3 is 2.60 bits per heavy atom. The minimum absolute atomic E-state index is 0.161. The quantitative estimate of drug-likeness (QED) is 0.830. The average molecular weight is 344 g/mol. The summed E-state index contributed by atoms with van der Waals surface area (Å²) in [5, 5.41) is 11.6. The van der Waals surface area contributed by atoms with Gasteiger partial charge in [0.25, 0.3) is 0 Å². The summed E-state index contributed by atoms with van der Waals surface area (Å²) in [5.41, 5.74) is 0.789. The van der Waals surface area contributed by atoms with E-state index in [0.29, 0.717) is 5.75 Å². The lowest BCUT2D eigenvalue weighted by Gasteiger charge is -2.18. The van der Waals surface area contributed by atoms with Crippen LogP contribution in [0.15, 0.2) is 22.7 Å². The maximum Gasteiger partial charge on any atom is 0.308 e. The lowest BCUT2D eigenvalue weighted by Crippen LogP contribution is -2.40. The Morgan fingerprint density at radius 2 is 2.05 bits per heavy atom. The van der Waals surface area contributed by atoms with E-state index in [-0.39, 0.29) is 12.3 Å². The van der Waals surface area contributed by atoms with Crippen LogP contribution in [0.1, 0.15) is 19.4 Å². The maximum absolute atomic E-state index is 11.9. The second kappa shape index (κ2) is 7.28. The van der Waals surface area contributed by atoms with Crippen molar-refractivity contribution in [3.8, 4) is 5.75 Å². The molecule has 0 heterocycles. The predicted octanol–water partition coefficient (Wildman–Crippen LogP) is 2.23. The number of hydrogen-bond acceptors (Lipinski definition) is 3. The smallest absolute Gasteiger partial charge is 0.308 e. The fraction of sp³-hybridized carbons (Fsp3) is 0.429. The molecule has 0 spiro atoms. The normalized spacial score (nSPS) is 13.4. The molecule has 0 aliphatic rings. The number of methoxy groups -OCH3 is 1. The van der Waals surface area contributed by atoms with E-state index in [0.717, 1.165) is 10.0 Å². The molecular weight excluding hydrogens is 326 g/mol. The monoisotopic (exact) mass is 343 g/mol. The highest BCUT2D eigenvalue weighted by molar-refractivity contribution is 9.10. The van der Waals surface area contributed by atoms with E-state index in [1.807, 2.05) is 6.07 Å². The van der Waals surface area contributed by atoms with Crippen LogP contribution in [0.2, 0.25) is 0 Å². The average Bonchev–Trinajstić information content (AvgIpc) is 2.40.